The summed E-state index contributed by atoms with van der Waals surface area (Å²) in [6.07, 6.45) is 0. The lowest BCUT2D eigenvalue weighted by atomic mass is 10.2. The molecule has 3 aromatic rings. The van der Waals surface area contributed by atoms with Gasteiger partial charge in [-0.05, 0) is 57.2 Å². The van der Waals surface area contributed by atoms with Crippen LogP contribution in [0.1, 0.15) is 29.9 Å². The highest BCUT2D eigenvalue weighted by Gasteiger charge is 2.15. The van der Waals surface area contributed by atoms with Crippen LogP contribution in [0.5, 0.6) is 0 Å². The van der Waals surface area contributed by atoms with E-state index in [1.807, 2.05) is 13.0 Å². The van der Waals surface area contributed by atoms with Crippen LogP contribution in [-0.4, -0.2) is 34.7 Å². The van der Waals surface area contributed by atoms with E-state index in [4.69, 9.17) is 0 Å². The summed E-state index contributed by atoms with van der Waals surface area (Å²) in [5.74, 6) is -1.70. The number of aryl methyl sites for hydroxylation is 1. The molecule has 0 aliphatic carbocycles. The largest absolute Gasteiger partial charge is 0.357 e. The van der Waals surface area contributed by atoms with Gasteiger partial charge in [0.05, 0.1) is 5.56 Å². The Morgan fingerprint density at radius 3 is 2.34 bits per heavy atom. The molecular formula is C23H25F2N5OS. The van der Waals surface area contributed by atoms with Gasteiger partial charge in [-0.15, -0.1) is 0 Å². The number of rotatable bonds is 9. The number of amides is 1. The van der Waals surface area contributed by atoms with Crippen LogP contribution >= 0.6 is 11.8 Å². The number of benzene rings is 2. The van der Waals surface area contributed by atoms with Crippen molar-refractivity contribution in [3.63, 3.8) is 0 Å². The molecule has 0 bridgehead atoms. The molecule has 0 radical (unpaired) electrons. The number of aromatic nitrogens is 2. The average Bonchev–Trinajstić information content (AvgIpc) is 2.75. The van der Waals surface area contributed by atoms with Crippen LogP contribution < -0.4 is 15.5 Å². The van der Waals surface area contributed by atoms with E-state index >= 15 is 0 Å². The van der Waals surface area contributed by atoms with Crippen molar-refractivity contribution in [3.05, 3.63) is 65.9 Å². The van der Waals surface area contributed by atoms with Gasteiger partial charge in [0.2, 0.25) is 5.95 Å². The van der Waals surface area contributed by atoms with Gasteiger partial charge in [-0.25, -0.2) is 4.98 Å². The van der Waals surface area contributed by atoms with E-state index in [1.165, 1.54) is 12.1 Å². The summed E-state index contributed by atoms with van der Waals surface area (Å²) in [6, 6.07) is 15.3. The molecule has 1 aromatic heterocycles. The maximum Gasteiger partial charge on any atom is 0.288 e. The van der Waals surface area contributed by atoms with E-state index in [9.17, 15) is 13.6 Å². The number of nitrogens with one attached hydrogen (secondary N) is 2. The molecule has 0 unspecified atom stereocenters. The van der Waals surface area contributed by atoms with E-state index in [1.54, 1.807) is 36.4 Å². The van der Waals surface area contributed by atoms with Gasteiger partial charge in [-0.3, -0.25) is 4.79 Å². The Bertz CT molecular complexity index is 1060. The van der Waals surface area contributed by atoms with Gasteiger partial charge in [0, 0.05) is 41.1 Å². The van der Waals surface area contributed by atoms with Crippen molar-refractivity contribution >= 4 is 40.8 Å². The quantitative estimate of drug-likeness (QED) is 0.388. The normalized spacial score (nSPS) is 10.8. The predicted octanol–water partition coefficient (Wildman–Crippen LogP) is 5.94. The topological polar surface area (TPSA) is 70.2 Å². The highest BCUT2D eigenvalue weighted by atomic mass is 32.2. The van der Waals surface area contributed by atoms with E-state index in [0.29, 0.717) is 23.4 Å². The van der Waals surface area contributed by atoms with Crippen molar-refractivity contribution in [1.29, 1.82) is 0 Å². The van der Waals surface area contributed by atoms with Gasteiger partial charge in [0.25, 0.3) is 11.7 Å². The van der Waals surface area contributed by atoms with Crippen molar-refractivity contribution < 1.29 is 13.6 Å². The molecule has 9 heteroatoms. The Labute approximate surface area is 190 Å². The van der Waals surface area contributed by atoms with Crippen LogP contribution in [0, 0.1) is 6.92 Å². The molecule has 0 aliphatic heterocycles. The van der Waals surface area contributed by atoms with E-state index < -0.39 is 11.7 Å². The lowest BCUT2D eigenvalue weighted by Gasteiger charge is -2.20. The van der Waals surface area contributed by atoms with Crippen molar-refractivity contribution in [2.45, 2.75) is 31.4 Å². The number of carbonyl (C=O) groups excluding carboxylic acids is 1. The molecule has 0 spiro atoms. The van der Waals surface area contributed by atoms with Gasteiger partial charge >= 0.3 is 0 Å². The Morgan fingerprint density at radius 1 is 1.03 bits per heavy atom. The Balaban J connectivity index is 1.71. The molecule has 3 rings (SSSR count). The molecule has 168 valence electrons. The standard InChI is InChI=1S/C23H25F2N5OS/c1-4-30(5-2)20-14-15(3)26-23(29-20)28-17-12-10-16(11-13-17)27-21(31)18-8-6-7-9-19(18)32-22(24)25/h6-14,22H,4-5H2,1-3H3,(H,27,31)(H,26,28,29). The van der Waals surface area contributed by atoms with E-state index in [-0.39, 0.29) is 10.5 Å². The van der Waals surface area contributed by atoms with Crippen LogP contribution in [0.15, 0.2) is 59.5 Å². The molecule has 32 heavy (non-hydrogen) atoms. The summed E-state index contributed by atoms with van der Waals surface area (Å²) >= 11 is 0.353. The summed E-state index contributed by atoms with van der Waals surface area (Å²) in [5, 5.41) is 5.93. The fourth-order valence-corrected chi connectivity index (χ4v) is 3.77. The smallest absolute Gasteiger partial charge is 0.288 e. The zero-order chi connectivity index (χ0) is 23.1. The van der Waals surface area contributed by atoms with E-state index in [2.05, 4.69) is 39.3 Å². The average molecular weight is 458 g/mol. The highest BCUT2D eigenvalue weighted by molar-refractivity contribution is 7.99. The van der Waals surface area contributed by atoms with Crippen molar-refractivity contribution in [2.75, 3.05) is 28.6 Å². The lowest BCUT2D eigenvalue weighted by molar-refractivity contribution is 0.102. The number of nitrogens with zero attached hydrogens (tertiary/aromatic N) is 3. The maximum atomic E-state index is 12.8. The molecule has 0 saturated carbocycles. The van der Waals surface area contributed by atoms with Crippen LogP contribution in [0.2, 0.25) is 0 Å². The zero-order valence-electron chi connectivity index (χ0n) is 18.1. The second kappa shape index (κ2) is 10.9. The number of thioether (sulfide) groups is 1. The summed E-state index contributed by atoms with van der Waals surface area (Å²) in [5.41, 5.74) is 2.37. The minimum absolute atomic E-state index is 0.206. The fourth-order valence-electron chi connectivity index (χ4n) is 3.13. The number of carbonyl (C=O) groups is 1. The molecule has 0 saturated heterocycles. The van der Waals surface area contributed by atoms with Crippen LogP contribution in [0.25, 0.3) is 0 Å². The van der Waals surface area contributed by atoms with Gasteiger partial charge in [0.1, 0.15) is 5.82 Å². The van der Waals surface area contributed by atoms with Crippen molar-refractivity contribution in [2.24, 2.45) is 0 Å². The first-order chi connectivity index (χ1) is 15.4. The number of hydrogen-bond donors (Lipinski definition) is 2. The first kappa shape index (κ1) is 23.5. The maximum absolute atomic E-state index is 12.8. The molecule has 6 nitrogen and oxygen atoms in total. The Kier molecular flexibility index (Phi) is 7.99. The minimum atomic E-state index is -2.60. The molecule has 2 aromatic carbocycles. The molecule has 0 atom stereocenters. The first-order valence-corrected chi connectivity index (χ1v) is 11.1. The van der Waals surface area contributed by atoms with Crippen molar-refractivity contribution in [1.82, 2.24) is 9.97 Å². The molecule has 1 heterocycles. The summed E-state index contributed by atoms with van der Waals surface area (Å²) in [7, 11) is 0. The zero-order valence-corrected chi connectivity index (χ0v) is 18.9. The number of halogens is 2. The number of anilines is 4. The molecule has 2 N–H and O–H groups in total. The summed E-state index contributed by atoms with van der Waals surface area (Å²) < 4.78 is 25.5. The van der Waals surface area contributed by atoms with Crippen LogP contribution in [0.4, 0.5) is 31.9 Å². The lowest BCUT2D eigenvalue weighted by Crippen LogP contribution is -2.23. The van der Waals surface area contributed by atoms with Gasteiger partial charge in [-0.1, -0.05) is 23.9 Å². The van der Waals surface area contributed by atoms with Gasteiger partial charge in [-0.2, -0.15) is 13.8 Å². The molecule has 0 aliphatic rings. The van der Waals surface area contributed by atoms with Gasteiger partial charge in [0.15, 0.2) is 0 Å². The Hall–Kier alpha value is -3.20. The third-order valence-corrected chi connectivity index (χ3v) is 5.46. The fraction of sp³-hybridized carbons (Fsp3) is 0.261. The first-order valence-electron chi connectivity index (χ1n) is 10.2. The summed E-state index contributed by atoms with van der Waals surface area (Å²) in [4.78, 5) is 24.0. The second-order valence-corrected chi connectivity index (χ2v) is 7.93. The van der Waals surface area contributed by atoms with E-state index in [0.717, 1.165) is 30.3 Å². The molecule has 1 amide bonds. The van der Waals surface area contributed by atoms with Gasteiger partial charge < -0.3 is 15.5 Å². The molecular weight excluding hydrogens is 432 g/mol. The third kappa shape index (κ3) is 6.16. The Morgan fingerprint density at radius 2 is 1.69 bits per heavy atom. The van der Waals surface area contributed by atoms with Crippen LogP contribution in [-0.2, 0) is 0 Å². The molecule has 0 fully saturated rings. The summed E-state index contributed by atoms with van der Waals surface area (Å²) in [6.45, 7) is 7.76. The minimum Gasteiger partial charge on any atom is -0.357 e. The van der Waals surface area contributed by atoms with Crippen LogP contribution in [0.3, 0.4) is 0 Å². The third-order valence-electron chi connectivity index (χ3n) is 4.67. The predicted molar refractivity (Wildman–Crippen MR) is 126 cm³/mol. The highest BCUT2D eigenvalue weighted by Crippen LogP contribution is 2.29. The number of hydrogen-bond acceptors (Lipinski definition) is 6. The monoisotopic (exact) mass is 457 g/mol. The second-order valence-electron chi connectivity index (χ2n) is 6.89. The van der Waals surface area contributed by atoms with Crippen molar-refractivity contribution in [3.8, 4) is 0 Å². The SMILES string of the molecule is CCN(CC)c1cc(C)nc(Nc2ccc(NC(=O)c3ccccc3SC(F)F)cc2)n1. The number of alkyl halides is 2.